The standard InChI is InChI=1S/C10H16N2O4S2/c1-10(2,3)16-9(13)12-6-7-4-5-8(17-7)18(11,14)15/h4-5H,6H2,1-3H3,(H,12,13)(H2,11,14,15). The number of sulfonamides is 1. The molecule has 0 spiro atoms. The van der Waals surface area contributed by atoms with E-state index in [1.165, 1.54) is 6.07 Å². The Kier molecular flexibility index (Phi) is 4.36. The number of nitrogens with two attached hydrogens (primary N) is 1. The second-order valence-corrected chi connectivity index (χ2v) is 7.58. The van der Waals surface area contributed by atoms with Crippen molar-refractivity contribution in [2.45, 2.75) is 37.1 Å². The molecule has 1 aromatic rings. The molecule has 102 valence electrons. The smallest absolute Gasteiger partial charge is 0.407 e. The fourth-order valence-electron chi connectivity index (χ4n) is 1.08. The molecule has 1 amide bonds. The van der Waals surface area contributed by atoms with Gasteiger partial charge in [-0.25, -0.2) is 18.4 Å². The molecule has 1 rings (SSSR count). The van der Waals surface area contributed by atoms with Crippen LogP contribution in [0, 0.1) is 0 Å². The average molecular weight is 292 g/mol. The minimum Gasteiger partial charge on any atom is -0.444 e. The summed E-state index contributed by atoms with van der Waals surface area (Å²) in [4.78, 5) is 12.0. The van der Waals surface area contributed by atoms with Crippen LogP contribution in [0.3, 0.4) is 0 Å². The van der Waals surface area contributed by atoms with Crippen molar-refractivity contribution in [3.8, 4) is 0 Å². The molecule has 6 nitrogen and oxygen atoms in total. The van der Waals surface area contributed by atoms with E-state index in [1.54, 1.807) is 26.8 Å². The summed E-state index contributed by atoms with van der Waals surface area (Å²) in [5, 5.41) is 7.51. The molecule has 0 aliphatic rings. The molecular weight excluding hydrogens is 276 g/mol. The van der Waals surface area contributed by atoms with Gasteiger partial charge in [0.1, 0.15) is 9.81 Å². The van der Waals surface area contributed by atoms with Gasteiger partial charge in [0.15, 0.2) is 0 Å². The zero-order valence-corrected chi connectivity index (χ0v) is 12.0. The van der Waals surface area contributed by atoms with Crippen LogP contribution in [0.1, 0.15) is 25.6 Å². The number of primary sulfonamides is 1. The highest BCUT2D eigenvalue weighted by Crippen LogP contribution is 2.20. The van der Waals surface area contributed by atoms with Gasteiger partial charge in [-0.2, -0.15) is 0 Å². The second kappa shape index (κ2) is 5.25. The van der Waals surface area contributed by atoms with Crippen LogP contribution in [-0.4, -0.2) is 20.1 Å². The fraction of sp³-hybridized carbons (Fsp3) is 0.500. The van der Waals surface area contributed by atoms with Gasteiger partial charge in [0.25, 0.3) is 0 Å². The van der Waals surface area contributed by atoms with Crippen LogP contribution in [0.5, 0.6) is 0 Å². The zero-order valence-electron chi connectivity index (χ0n) is 10.4. The van der Waals surface area contributed by atoms with Gasteiger partial charge in [0, 0.05) is 4.88 Å². The largest absolute Gasteiger partial charge is 0.444 e. The Morgan fingerprint density at radius 2 is 2.06 bits per heavy atom. The van der Waals surface area contributed by atoms with Crippen LogP contribution in [0.2, 0.25) is 0 Å². The van der Waals surface area contributed by atoms with Gasteiger partial charge >= 0.3 is 6.09 Å². The highest BCUT2D eigenvalue weighted by atomic mass is 32.2. The molecule has 0 aliphatic heterocycles. The first-order valence-corrected chi connectivity index (χ1v) is 7.52. The van der Waals surface area contributed by atoms with E-state index in [1.807, 2.05) is 0 Å². The molecule has 3 N–H and O–H groups in total. The summed E-state index contributed by atoms with van der Waals surface area (Å²) in [7, 11) is -3.67. The summed E-state index contributed by atoms with van der Waals surface area (Å²) in [5.41, 5.74) is -0.564. The summed E-state index contributed by atoms with van der Waals surface area (Å²) in [6.45, 7) is 5.49. The molecule has 0 fully saturated rings. The lowest BCUT2D eigenvalue weighted by Gasteiger charge is -2.19. The Morgan fingerprint density at radius 1 is 1.44 bits per heavy atom. The Bertz CT molecular complexity index is 528. The number of amides is 1. The van der Waals surface area contributed by atoms with Gasteiger partial charge < -0.3 is 10.1 Å². The van der Waals surface area contributed by atoms with Gasteiger partial charge in [-0.05, 0) is 32.9 Å². The monoisotopic (exact) mass is 292 g/mol. The predicted octanol–water partition coefficient (Wildman–Crippen LogP) is 1.42. The van der Waals surface area contributed by atoms with E-state index in [2.05, 4.69) is 5.32 Å². The molecule has 0 aliphatic carbocycles. The lowest BCUT2D eigenvalue weighted by molar-refractivity contribution is 0.0524. The molecule has 0 unspecified atom stereocenters. The normalized spacial score (nSPS) is 12.2. The van der Waals surface area contributed by atoms with Gasteiger partial charge in [-0.3, -0.25) is 0 Å². The van der Waals surface area contributed by atoms with Crippen molar-refractivity contribution in [1.29, 1.82) is 0 Å². The number of nitrogens with one attached hydrogen (secondary N) is 1. The van der Waals surface area contributed by atoms with Crippen LogP contribution in [0.4, 0.5) is 4.79 Å². The van der Waals surface area contributed by atoms with E-state index in [4.69, 9.17) is 9.88 Å². The van der Waals surface area contributed by atoms with Crippen molar-refractivity contribution in [2.75, 3.05) is 0 Å². The van der Waals surface area contributed by atoms with Crippen LogP contribution in [0.15, 0.2) is 16.3 Å². The van der Waals surface area contributed by atoms with Gasteiger partial charge in [-0.1, -0.05) is 0 Å². The number of hydrogen-bond acceptors (Lipinski definition) is 5. The maximum atomic E-state index is 11.4. The minimum atomic E-state index is -3.67. The van der Waals surface area contributed by atoms with E-state index in [0.29, 0.717) is 4.88 Å². The SMILES string of the molecule is CC(C)(C)OC(=O)NCc1ccc(S(N)(=O)=O)s1. The number of carbonyl (C=O) groups excluding carboxylic acids is 1. The van der Waals surface area contributed by atoms with Crippen LogP contribution in [0.25, 0.3) is 0 Å². The average Bonchev–Trinajstić information content (AvgIpc) is 2.59. The van der Waals surface area contributed by atoms with E-state index < -0.39 is 21.7 Å². The lowest BCUT2D eigenvalue weighted by atomic mass is 10.2. The van der Waals surface area contributed by atoms with E-state index in [0.717, 1.165) is 11.3 Å². The molecule has 0 saturated carbocycles. The first kappa shape index (κ1) is 14.9. The summed E-state index contributed by atoms with van der Waals surface area (Å²) >= 11 is 1.02. The quantitative estimate of drug-likeness (QED) is 0.880. The molecule has 0 aromatic carbocycles. The molecule has 0 radical (unpaired) electrons. The topological polar surface area (TPSA) is 98.5 Å². The summed E-state index contributed by atoms with van der Waals surface area (Å²) in [6, 6.07) is 3.01. The maximum Gasteiger partial charge on any atom is 0.407 e. The second-order valence-electron chi connectivity index (χ2n) is 4.62. The van der Waals surface area contributed by atoms with Crippen molar-refractivity contribution in [1.82, 2.24) is 5.32 Å². The Balaban J connectivity index is 2.55. The third kappa shape index (κ3) is 5.03. The number of thiophene rings is 1. The molecule has 18 heavy (non-hydrogen) atoms. The first-order chi connectivity index (χ1) is 8.08. The Labute approximate surface area is 110 Å². The summed E-state index contributed by atoms with van der Waals surface area (Å²) in [5.74, 6) is 0. The minimum absolute atomic E-state index is 0.0727. The van der Waals surface area contributed by atoms with Crippen LogP contribution in [-0.2, 0) is 21.3 Å². The number of rotatable bonds is 3. The predicted molar refractivity (Wildman–Crippen MR) is 68.8 cm³/mol. The Morgan fingerprint density at radius 3 is 2.50 bits per heavy atom. The maximum absolute atomic E-state index is 11.4. The highest BCUT2D eigenvalue weighted by molar-refractivity contribution is 7.91. The van der Waals surface area contributed by atoms with Crippen LogP contribution >= 0.6 is 11.3 Å². The molecular formula is C10H16N2O4S2. The molecule has 0 saturated heterocycles. The van der Waals surface area contributed by atoms with Gasteiger partial charge in [-0.15, -0.1) is 11.3 Å². The third-order valence-corrected chi connectivity index (χ3v) is 4.25. The van der Waals surface area contributed by atoms with Crippen molar-refractivity contribution in [3.05, 3.63) is 17.0 Å². The van der Waals surface area contributed by atoms with E-state index in [9.17, 15) is 13.2 Å². The van der Waals surface area contributed by atoms with Crippen molar-refractivity contribution >= 4 is 27.5 Å². The summed E-state index contributed by atoms with van der Waals surface area (Å²) in [6.07, 6.45) is -0.548. The van der Waals surface area contributed by atoms with Crippen molar-refractivity contribution in [3.63, 3.8) is 0 Å². The van der Waals surface area contributed by atoms with Crippen molar-refractivity contribution in [2.24, 2.45) is 5.14 Å². The number of carbonyl (C=O) groups is 1. The molecule has 1 aromatic heterocycles. The molecule has 1 heterocycles. The zero-order chi connectivity index (χ0) is 14.0. The molecule has 0 bridgehead atoms. The van der Waals surface area contributed by atoms with Crippen molar-refractivity contribution < 1.29 is 17.9 Å². The first-order valence-electron chi connectivity index (χ1n) is 5.16. The third-order valence-electron chi connectivity index (χ3n) is 1.72. The number of alkyl carbamates (subject to hydrolysis) is 1. The highest BCUT2D eigenvalue weighted by Gasteiger charge is 2.16. The fourth-order valence-corrected chi connectivity index (χ4v) is 2.80. The van der Waals surface area contributed by atoms with Gasteiger partial charge in [0.2, 0.25) is 10.0 Å². The number of hydrogen-bond donors (Lipinski definition) is 2. The molecule has 0 atom stereocenters. The van der Waals surface area contributed by atoms with E-state index >= 15 is 0 Å². The summed E-state index contributed by atoms with van der Waals surface area (Å²) < 4.78 is 27.2. The Hall–Kier alpha value is -1.12. The molecule has 8 heteroatoms. The number of ether oxygens (including phenoxy) is 1. The van der Waals surface area contributed by atoms with E-state index in [-0.39, 0.29) is 10.8 Å². The van der Waals surface area contributed by atoms with Crippen LogP contribution < -0.4 is 10.5 Å². The van der Waals surface area contributed by atoms with Gasteiger partial charge in [0.05, 0.1) is 6.54 Å². The lowest BCUT2D eigenvalue weighted by Crippen LogP contribution is -2.31.